The van der Waals surface area contributed by atoms with Crippen molar-refractivity contribution in [2.45, 2.75) is 12.6 Å². The fourth-order valence-corrected chi connectivity index (χ4v) is 4.99. The molecule has 0 bridgehead atoms. The van der Waals surface area contributed by atoms with Crippen molar-refractivity contribution in [3.63, 3.8) is 0 Å². The number of aromatic nitrogens is 6. The van der Waals surface area contributed by atoms with E-state index in [2.05, 4.69) is 41.1 Å². The minimum absolute atomic E-state index is 0.0368. The summed E-state index contributed by atoms with van der Waals surface area (Å²) in [5.41, 5.74) is 1.89. The Kier molecular flexibility index (Phi) is 7.91. The summed E-state index contributed by atoms with van der Waals surface area (Å²) in [6.45, 7) is 6.72. The Morgan fingerprint density at radius 1 is 1.23 bits per heavy atom. The molecule has 1 aliphatic heterocycles. The van der Waals surface area contributed by atoms with Gasteiger partial charge in [0, 0.05) is 60.0 Å². The predicted molar refractivity (Wildman–Crippen MR) is 155 cm³/mol. The molecule has 1 aliphatic rings. The van der Waals surface area contributed by atoms with E-state index in [0.29, 0.717) is 36.0 Å². The van der Waals surface area contributed by atoms with Crippen LogP contribution in [0.5, 0.6) is 0 Å². The Labute approximate surface area is 231 Å². The van der Waals surface area contributed by atoms with Crippen molar-refractivity contribution in [1.82, 2.24) is 29.3 Å². The quantitative estimate of drug-likeness (QED) is 0.301. The van der Waals surface area contributed by atoms with Gasteiger partial charge in [0.05, 0.1) is 38.3 Å². The molecule has 3 aromatic heterocycles. The standard InChI is InChI=1S/C26H31N9O4S/c1-5-10-34-25(36)21-13-28-26(31-24(21)35(34)23-15-27-14-22(30-23)32-40(3,4)37)29-18-6-8-19(9-7-18)33-11-12-39-20(16-33)17-38-2/h5-9,13-15,20H,1,10-12,16-17H2,2-4H3,(H,28,29,31)/t20-/m0/s1. The molecule has 14 heteroatoms. The van der Waals surface area contributed by atoms with E-state index >= 15 is 0 Å². The van der Waals surface area contributed by atoms with Crippen molar-refractivity contribution < 1.29 is 13.7 Å². The van der Waals surface area contributed by atoms with Crippen molar-refractivity contribution in [2.75, 3.05) is 56.1 Å². The summed E-state index contributed by atoms with van der Waals surface area (Å²) in [4.78, 5) is 33.2. The van der Waals surface area contributed by atoms with Gasteiger partial charge >= 0.3 is 0 Å². The molecule has 1 N–H and O–H groups in total. The van der Waals surface area contributed by atoms with E-state index < -0.39 is 9.73 Å². The van der Waals surface area contributed by atoms with Crippen LogP contribution in [0, 0.1) is 0 Å². The number of nitrogens with zero attached hydrogens (tertiary/aromatic N) is 8. The number of hydrogen-bond donors (Lipinski definition) is 1. The first kappa shape index (κ1) is 27.4. The third kappa shape index (κ3) is 6.03. The highest BCUT2D eigenvalue weighted by Crippen LogP contribution is 2.23. The molecule has 0 unspecified atom stereocenters. The van der Waals surface area contributed by atoms with Gasteiger partial charge in [0.1, 0.15) is 5.39 Å². The van der Waals surface area contributed by atoms with Crippen molar-refractivity contribution in [2.24, 2.45) is 4.36 Å². The van der Waals surface area contributed by atoms with Gasteiger partial charge in [0.25, 0.3) is 5.56 Å². The van der Waals surface area contributed by atoms with E-state index in [9.17, 15) is 9.00 Å². The van der Waals surface area contributed by atoms with E-state index in [0.717, 1.165) is 24.5 Å². The van der Waals surface area contributed by atoms with Gasteiger partial charge < -0.3 is 19.7 Å². The lowest BCUT2D eigenvalue weighted by Crippen LogP contribution is -2.44. The zero-order chi connectivity index (χ0) is 28.3. The Morgan fingerprint density at radius 2 is 2.02 bits per heavy atom. The molecule has 0 spiro atoms. The first-order valence-electron chi connectivity index (χ1n) is 12.6. The number of rotatable bonds is 9. The van der Waals surface area contributed by atoms with Crippen LogP contribution in [0.1, 0.15) is 0 Å². The lowest BCUT2D eigenvalue weighted by molar-refractivity contribution is -0.0100. The molecule has 0 saturated carbocycles. The third-order valence-corrected chi connectivity index (χ3v) is 6.72. The maximum atomic E-state index is 13.2. The zero-order valence-electron chi connectivity index (χ0n) is 22.6. The second-order valence-corrected chi connectivity index (χ2v) is 12.0. The first-order valence-corrected chi connectivity index (χ1v) is 14.9. The number of allylic oxidation sites excluding steroid dienone is 1. The minimum atomic E-state index is -2.46. The maximum Gasteiger partial charge on any atom is 0.278 e. The van der Waals surface area contributed by atoms with E-state index in [4.69, 9.17) is 9.47 Å². The van der Waals surface area contributed by atoms with Crippen LogP contribution in [0.15, 0.2) is 64.7 Å². The van der Waals surface area contributed by atoms with Gasteiger partial charge in [-0.3, -0.25) is 9.78 Å². The molecular weight excluding hydrogens is 534 g/mol. The Balaban J connectivity index is 1.47. The number of methoxy groups -OCH3 is 1. The Morgan fingerprint density at radius 3 is 2.75 bits per heavy atom. The topological polar surface area (TPSA) is 142 Å². The van der Waals surface area contributed by atoms with Gasteiger partial charge in [-0.05, 0) is 24.3 Å². The molecule has 0 amide bonds. The summed E-state index contributed by atoms with van der Waals surface area (Å²) >= 11 is 0. The SMILES string of the molecule is C=CCn1c(=O)c2cnc(Nc3ccc(N4CCO[C@H](COC)C4)cc3)nc2n1-c1cncc(N=S(C)(C)=O)n1. The molecule has 1 atom stereocenters. The third-order valence-electron chi connectivity index (χ3n) is 6.10. The number of fused-ring (bicyclic) bond motifs is 1. The normalized spacial score (nSPS) is 15.8. The van der Waals surface area contributed by atoms with Crippen molar-refractivity contribution in [3.8, 4) is 5.82 Å². The second-order valence-electron chi connectivity index (χ2n) is 9.49. The Hall–Kier alpha value is -4.14. The average Bonchev–Trinajstić information content (AvgIpc) is 3.19. The molecule has 210 valence electrons. The molecule has 4 heterocycles. The van der Waals surface area contributed by atoms with Crippen LogP contribution in [0.2, 0.25) is 0 Å². The minimum Gasteiger partial charge on any atom is -0.382 e. The molecule has 0 radical (unpaired) electrons. The highest BCUT2D eigenvalue weighted by Gasteiger charge is 2.21. The van der Waals surface area contributed by atoms with Crippen LogP contribution in [0.25, 0.3) is 16.9 Å². The van der Waals surface area contributed by atoms with Crippen LogP contribution >= 0.6 is 0 Å². The number of hydrogen-bond acceptors (Lipinski definition) is 11. The molecule has 1 fully saturated rings. The summed E-state index contributed by atoms with van der Waals surface area (Å²) < 4.78 is 30.3. The van der Waals surface area contributed by atoms with Crippen LogP contribution in [-0.2, 0) is 25.7 Å². The largest absolute Gasteiger partial charge is 0.382 e. The molecule has 1 aromatic carbocycles. The van der Waals surface area contributed by atoms with Gasteiger partial charge in [-0.25, -0.2) is 23.5 Å². The molecule has 0 aliphatic carbocycles. The molecule has 5 rings (SSSR count). The van der Waals surface area contributed by atoms with Crippen molar-refractivity contribution in [1.29, 1.82) is 0 Å². The lowest BCUT2D eigenvalue weighted by atomic mass is 10.2. The van der Waals surface area contributed by atoms with E-state index in [1.165, 1.54) is 35.8 Å². The fourth-order valence-electron chi connectivity index (χ4n) is 4.45. The summed E-state index contributed by atoms with van der Waals surface area (Å²) in [6.07, 6.45) is 9.04. The lowest BCUT2D eigenvalue weighted by Gasteiger charge is -2.34. The van der Waals surface area contributed by atoms with Crippen LogP contribution < -0.4 is 15.8 Å². The van der Waals surface area contributed by atoms with Crippen molar-refractivity contribution in [3.05, 3.63) is 65.9 Å². The van der Waals surface area contributed by atoms with Crippen LogP contribution in [0.3, 0.4) is 0 Å². The zero-order valence-corrected chi connectivity index (χ0v) is 23.4. The first-order chi connectivity index (χ1) is 19.3. The number of benzene rings is 1. The summed E-state index contributed by atoms with van der Waals surface area (Å²) in [5.74, 6) is 0.786. The highest BCUT2D eigenvalue weighted by molar-refractivity contribution is 7.92. The van der Waals surface area contributed by atoms with E-state index in [1.54, 1.807) is 17.9 Å². The fraction of sp³-hybridized carbons (Fsp3) is 0.346. The molecular formula is C26H31N9O4S. The molecule has 1 saturated heterocycles. The highest BCUT2D eigenvalue weighted by atomic mass is 32.2. The Bertz CT molecular complexity index is 1700. The van der Waals surface area contributed by atoms with Crippen molar-refractivity contribution >= 4 is 43.9 Å². The van der Waals surface area contributed by atoms with Gasteiger partial charge in [0.2, 0.25) is 5.95 Å². The smallest absolute Gasteiger partial charge is 0.278 e. The predicted octanol–water partition coefficient (Wildman–Crippen LogP) is 2.51. The number of anilines is 3. The number of morpholine rings is 1. The maximum absolute atomic E-state index is 13.2. The molecule has 13 nitrogen and oxygen atoms in total. The van der Waals surface area contributed by atoms with E-state index in [-0.39, 0.29) is 24.0 Å². The van der Waals surface area contributed by atoms with E-state index in [1.807, 2.05) is 24.3 Å². The number of nitrogens with one attached hydrogen (secondary N) is 1. The van der Waals surface area contributed by atoms with Gasteiger partial charge in [-0.15, -0.1) is 6.58 Å². The average molecular weight is 566 g/mol. The van der Waals surface area contributed by atoms with Gasteiger partial charge in [0.15, 0.2) is 17.3 Å². The van der Waals surface area contributed by atoms with Crippen LogP contribution in [0.4, 0.5) is 23.1 Å². The summed E-state index contributed by atoms with van der Waals surface area (Å²) in [6, 6.07) is 7.94. The van der Waals surface area contributed by atoms with Crippen LogP contribution in [-0.4, -0.2) is 85.5 Å². The molecule has 40 heavy (non-hydrogen) atoms. The monoisotopic (exact) mass is 565 g/mol. The number of ether oxygens (including phenoxy) is 2. The summed E-state index contributed by atoms with van der Waals surface area (Å²) in [5, 5.41) is 3.52. The van der Waals surface area contributed by atoms with Gasteiger partial charge in [-0.1, -0.05) is 6.08 Å². The second kappa shape index (κ2) is 11.5. The van der Waals surface area contributed by atoms with Gasteiger partial charge in [-0.2, -0.15) is 9.35 Å². The summed E-state index contributed by atoms with van der Waals surface area (Å²) in [7, 11) is -0.790. The molecule has 4 aromatic rings.